The maximum atomic E-state index is 12.7. The summed E-state index contributed by atoms with van der Waals surface area (Å²) >= 11 is 0. The first-order valence-electron chi connectivity index (χ1n) is 12.9. The molecule has 1 fully saturated rings. The molecule has 5 heterocycles. The highest BCUT2D eigenvalue weighted by molar-refractivity contribution is 6.00. The van der Waals surface area contributed by atoms with Gasteiger partial charge in [-0.15, -0.1) is 10.2 Å². The van der Waals surface area contributed by atoms with Crippen molar-refractivity contribution in [3.8, 4) is 22.4 Å². The highest BCUT2D eigenvalue weighted by Gasteiger charge is 2.31. The Morgan fingerprint density at radius 2 is 1.82 bits per heavy atom. The van der Waals surface area contributed by atoms with E-state index < -0.39 is 0 Å². The van der Waals surface area contributed by atoms with Gasteiger partial charge >= 0.3 is 0 Å². The molecule has 0 radical (unpaired) electrons. The fourth-order valence-electron chi connectivity index (χ4n) is 5.21. The van der Waals surface area contributed by atoms with E-state index in [0.717, 1.165) is 27.9 Å². The Morgan fingerprint density at radius 1 is 1.07 bits per heavy atom. The molecule has 1 saturated heterocycles. The van der Waals surface area contributed by atoms with Gasteiger partial charge in [0.05, 0.1) is 29.8 Å². The highest BCUT2D eigenvalue weighted by atomic mass is 16.3. The van der Waals surface area contributed by atoms with Crippen LogP contribution in [0, 0.1) is 0 Å². The van der Waals surface area contributed by atoms with Gasteiger partial charge in [-0.25, -0.2) is 4.98 Å². The van der Waals surface area contributed by atoms with Gasteiger partial charge in [-0.1, -0.05) is 30.3 Å². The van der Waals surface area contributed by atoms with E-state index in [2.05, 4.69) is 25.3 Å². The van der Waals surface area contributed by atoms with E-state index in [4.69, 9.17) is 10.7 Å². The molecular formula is C28H27N9O3. The number of hydrogen-bond acceptors (Lipinski definition) is 9. The number of anilines is 1. The Hall–Kier alpha value is -4.97. The van der Waals surface area contributed by atoms with Crippen LogP contribution in [0.3, 0.4) is 0 Å². The predicted molar refractivity (Wildman–Crippen MR) is 146 cm³/mol. The quantitative estimate of drug-likeness (QED) is 0.276. The van der Waals surface area contributed by atoms with Crippen LogP contribution in [0.15, 0.2) is 55.1 Å². The number of amides is 1. The second-order valence-corrected chi connectivity index (χ2v) is 9.80. The first-order chi connectivity index (χ1) is 19.4. The molecule has 202 valence electrons. The second-order valence-electron chi connectivity index (χ2n) is 9.80. The number of aromatic nitrogens is 7. The first kappa shape index (κ1) is 25.3. The third-order valence-corrected chi connectivity index (χ3v) is 7.36. The van der Waals surface area contributed by atoms with Gasteiger partial charge in [-0.05, 0) is 31.4 Å². The summed E-state index contributed by atoms with van der Waals surface area (Å²) in [5.41, 5.74) is 12.2. The third-order valence-electron chi connectivity index (χ3n) is 7.36. The van der Waals surface area contributed by atoms with Crippen LogP contribution in [-0.4, -0.2) is 69.5 Å². The zero-order valence-corrected chi connectivity index (χ0v) is 21.8. The summed E-state index contributed by atoms with van der Waals surface area (Å²) < 4.78 is 1.50. The van der Waals surface area contributed by atoms with E-state index in [1.807, 2.05) is 36.4 Å². The molecule has 12 nitrogen and oxygen atoms in total. The summed E-state index contributed by atoms with van der Waals surface area (Å²) in [6.07, 6.45) is 6.06. The molecule has 1 aliphatic rings. The molecular weight excluding hydrogens is 510 g/mol. The van der Waals surface area contributed by atoms with E-state index >= 15 is 0 Å². The van der Waals surface area contributed by atoms with E-state index in [9.17, 15) is 14.7 Å². The number of hydrogen-bond donors (Lipinski definition) is 3. The molecule has 1 amide bonds. The lowest BCUT2D eigenvalue weighted by atomic mass is 9.89. The molecule has 6 rings (SSSR count). The number of nitrogens with two attached hydrogens (primary N) is 1. The SMILES string of the molecule is CC(=O)c1c(C2CCN(C(=O)c3nnc[nH]3)CC2)nc2c(-c3ccc(-c4ccc(CO)cc4)nc3)cnn2c1N. The number of pyridine rings is 1. The lowest BCUT2D eigenvalue weighted by Crippen LogP contribution is -2.39. The molecule has 0 bridgehead atoms. The topological polar surface area (TPSA) is 168 Å². The van der Waals surface area contributed by atoms with Gasteiger partial charge in [0.15, 0.2) is 11.4 Å². The number of benzene rings is 1. The minimum absolute atomic E-state index is 0.00919. The van der Waals surface area contributed by atoms with Crippen molar-refractivity contribution < 1.29 is 14.7 Å². The van der Waals surface area contributed by atoms with Crippen molar-refractivity contribution in [2.24, 2.45) is 0 Å². The highest BCUT2D eigenvalue weighted by Crippen LogP contribution is 2.35. The van der Waals surface area contributed by atoms with Crippen LogP contribution in [0.1, 0.15) is 57.9 Å². The largest absolute Gasteiger partial charge is 0.392 e. The Bertz CT molecular complexity index is 1690. The van der Waals surface area contributed by atoms with Gasteiger partial charge < -0.3 is 20.7 Å². The summed E-state index contributed by atoms with van der Waals surface area (Å²) in [7, 11) is 0. The number of ketones is 1. The Kier molecular flexibility index (Phi) is 6.52. The minimum atomic E-state index is -0.205. The van der Waals surface area contributed by atoms with Crippen molar-refractivity contribution >= 4 is 23.2 Å². The Labute approximate surface area is 228 Å². The van der Waals surface area contributed by atoms with Crippen LogP contribution >= 0.6 is 0 Å². The van der Waals surface area contributed by atoms with Crippen molar-refractivity contribution in [2.45, 2.75) is 32.3 Å². The van der Waals surface area contributed by atoms with Crippen LogP contribution in [-0.2, 0) is 6.61 Å². The van der Waals surface area contributed by atoms with Gasteiger partial charge in [0.1, 0.15) is 12.1 Å². The number of likely N-dealkylation sites (tertiary alicyclic amines) is 1. The molecule has 40 heavy (non-hydrogen) atoms. The zero-order valence-electron chi connectivity index (χ0n) is 21.8. The molecule has 12 heteroatoms. The van der Waals surface area contributed by atoms with Gasteiger partial charge in [0.2, 0.25) is 5.82 Å². The number of H-pyrrole nitrogens is 1. The monoisotopic (exact) mass is 537 g/mol. The fourth-order valence-corrected chi connectivity index (χ4v) is 5.21. The van der Waals surface area contributed by atoms with Crippen molar-refractivity contribution in [1.82, 2.24) is 39.7 Å². The number of Topliss-reactive ketones (excluding diaryl/α,β-unsaturated/α-hetero) is 1. The number of aliphatic hydroxyl groups is 1. The molecule has 0 spiro atoms. The lowest BCUT2D eigenvalue weighted by molar-refractivity contribution is 0.0699. The van der Waals surface area contributed by atoms with Crippen LogP contribution < -0.4 is 5.73 Å². The van der Waals surface area contributed by atoms with Crippen molar-refractivity contribution in [1.29, 1.82) is 0 Å². The standard InChI is InChI=1S/C28H27N9O3/c1-16(39)23-24(19-8-10-36(11-9-19)28(40)26-31-15-32-35-26)34-27-21(13-33-37(27)25(23)29)20-6-7-22(30-12-20)18-4-2-17(14-38)3-5-18/h2-7,12-13,15,19,38H,8-11,14,29H2,1H3,(H,31,32,35). The molecule has 4 N–H and O–H groups in total. The van der Waals surface area contributed by atoms with Gasteiger partial charge in [0, 0.05) is 41.9 Å². The van der Waals surface area contributed by atoms with E-state index in [1.54, 1.807) is 17.3 Å². The summed E-state index contributed by atoms with van der Waals surface area (Å²) in [5.74, 6) is 0.00124. The average molecular weight is 538 g/mol. The van der Waals surface area contributed by atoms with Crippen molar-refractivity contribution in [3.05, 3.63) is 77.8 Å². The molecule has 0 unspecified atom stereocenters. The zero-order chi connectivity index (χ0) is 27.8. The van der Waals surface area contributed by atoms with Crippen LogP contribution in [0.25, 0.3) is 28.0 Å². The number of nitrogens with one attached hydrogen (secondary N) is 1. The summed E-state index contributed by atoms with van der Waals surface area (Å²) in [6, 6.07) is 11.4. The molecule has 0 aliphatic carbocycles. The van der Waals surface area contributed by atoms with Crippen molar-refractivity contribution in [3.63, 3.8) is 0 Å². The molecule has 1 aliphatic heterocycles. The number of fused-ring (bicyclic) bond motifs is 1. The normalized spacial score (nSPS) is 14.1. The number of nitrogen functional groups attached to an aromatic ring is 1. The predicted octanol–water partition coefficient (Wildman–Crippen LogP) is 2.87. The summed E-state index contributed by atoms with van der Waals surface area (Å²) in [6.45, 7) is 2.45. The van der Waals surface area contributed by atoms with E-state index in [0.29, 0.717) is 42.8 Å². The van der Waals surface area contributed by atoms with Crippen LogP contribution in [0.4, 0.5) is 5.82 Å². The fraction of sp³-hybridized carbons (Fsp3) is 0.250. The maximum Gasteiger partial charge on any atom is 0.291 e. The Morgan fingerprint density at radius 3 is 2.45 bits per heavy atom. The van der Waals surface area contributed by atoms with E-state index in [-0.39, 0.29) is 35.9 Å². The van der Waals surface area contributed by atoms with Gasteiger partial charge in [0.25, 0.3) is 5.91 Å². The number of aromatic amines is 1. The number of carbonyl (C=O) groups excluding carboxylic acids is 2. The summed E-state index contributed by atoms with van der Waals surface area (Å²) in [4.78, 5) is 39.5. The van der Waals surface area contributed by atoms with E-state index in [1.165, 1.54) is 17.8 Å². The van der Waals surface area contributed by atoms with Crippen molar-refractivity contribution in [2.75, 3.05) is 18.8 Å². The average Bonchev–Trinajstić information content (AvgIpc) is 3.68. The lowest BCUT2D eigenvalue weighted by Gasteiger charge is -2.32. The number of piperidine rings is 1. The van der Waals surface area contributed by atoms with Gasteiger partial charge in [-0.3, -0.25) is 14.6 Å². The minimum Gasteiger partial charge on any atom is -0.392 e. The Balaban J connectivity index is 1.32. The number of rotatable bonds is 6. The molecule has 4 aromatic heterocycles. The van der Waals surface area contributed by atoms with Crippen LogP contribution in [0.2, 0.25) is 0 Å². The third kappa shape index (κ3) is 4.47. The number of nitrogens with zero attached hydrogens (tertiary/aromatic N) is 7. The van der Waals surface area contributed by atoms with Crippen LogP contribution in [0.5, 0.6) is 0 Å². The molecule has 0 atom stereocenters. The smallest absolute Gasteiger partial charge is 0.291 e. The molecule has 0 saturated carbocycles. The van der Waals surface area contributed by atoms with Gasteiger partial charge in [-0.2, -0.15) is 9.61 Å². The molecule has 1 aromatic carbocycles. The number of aliphatic hydroxyl groups excluding tert-OH is 1. The number of carbonyl (C=O) groups is 2. The second kappa shape index (κ2) is 10.3. The first-order valence-corrected chi connectivity index (χ1v) is 12.9. The molecule has 5 aromatic rings. The summed E-state index contributed by atoms with van der Waals surface area (Å²) in [5, 5.41) is 21.2. The maximum absolute atomic E-state index is 12.7.